The van der Waals surface area contributed by atoms with Crippen LogP contribution in [-0.2, 0) is 22.2 Å². The second kappa shape index (κ2) is 10.7. The van der Waals surface area contributed by atoms with Crippen LogP contribution in [0.3, 0.4) is 0 Å². The van der Waals surface area contributed by atoms with E-state index in [0.29, 0.717) is 28.3 Å². The number of nitrogens with zero attached hydrogens (tertiary/aromatic N) is 2. The Balaban J connectivity index is 1.94. The fourth-order valence-corrected chi connectivity index (χ4v) is 3.67. The van der Waals surface area contributed by atoms with Gasteiger partial charge in [-0.2, -0.15) is 13.2 Å². The number of hydrogen-bond donors (Lipinski definition) is 0. The number of likely N-dealkylation sites (N-methyl/N-ethyl adjacent to an activating group) is 1. The average Bonchev–Trinajstić information content (AvgIpc) is 2.81. The normalized spacial score (nSPS) is 12.2. The summed E-state index contributed by atoms with van der Waals surface area (Å²) in [6.07, 6.45) is -4.12. The van der Waals surface area contributed by atoms with Gasteiger partial charge in [0.1, 0.15) is 5.92 Å². The molecule has 8 heteroatoms. The molecule has 0 bridgehead atoms. The molecule has 2 amide bonds. The fourth-order valence-electron chi connectivity index (χ4n) is 3.54. The minimum Gasteiger partial charge on any atom is -0.348 e. The molecule has 0 aromatic heterocycles. The van der Waals surface area contributed by atoms with Crippen molar-refractivity contribution in [3.05, 3.63) is 101 Å². The molecule has 34 heavy (non-hydrogen) atoms. The van der Waals surface area contributed by atoms with E-state index < -0.39 is 23.6 Å². The van der Waals surface area contributed by atoms with Crippen molar-refractivity contribution in [1.29, 1.82) is 0 Å². The molecule has 0 N–H and O–H groups in total. The summed E-state index contributed by atoms with van der Waals surface area (Å²) in [5.74, 6) is -1.87. The maximum atomic E-state index is 13.8. The molecule has 1 atom stereocenters. The van der Waals surface area contributed by atoms with E-state index in [1.165, 1.54) is 21.9 Å². The van der Waals surface area contributed by atoms with Crippen LogP contribution in [0, 0.1) is 0 Å². The van der Waals surface area contributed by atoms with Crippen LogP contribution in [0.5, 0.6) is 0 Å². The monoisotopic (exact) mass is 488 g/mol. The zero-order valence-electron chi connectivity index (χ0n) is 18.7. The van der Waals surface area contributed by atoms with Gasteiger partial charge in [-0.15, -0.1) is 0 Å². The molecule has 178 valence electrons. The minimum absolute atomic E-state index is 0.163. The van der Waals surface area contributed by atoms with Crippen LogP contribution >= 0.6 is 11.6 Å². The summed E-state index contributed by atoms with van der Waals surface area (Å²) < 4.78 is 38.7. The third kappa shape index (κ3) is 6.17. The lowest BCUT2D eigenvalue weighted by molar-refractivity contribution is -0.138. The second-order valence-corrected chi connectivity index (χ2v) is 8.42. The molecule has 3 rings (SSSR count). The molecule has 1 unspecified atom stereocenters. The molecule has 0 saturated heterocycles. The molecule has 0 spiro atoms. The number of hydrogen-bond acceptors (Lipinski definition) is 2. The standard InChI is InChI=1S/C26H24ClF3N2O2/c1-31(2)24(33)23(19-6-4-3-5-7-19)25(34)32(22-14-12-21(27)13-15-22)17-16-18-8-10-20(11-9-18)26(28,29)30/h3-15,23H,16-17H2,1-2H3. The van der Waals surface area contributed by atoms with Gasteiger partial charge in [0.15, 0.2) is 0 Å². The third-order valence-electron chi connectivity index (χ3n) is 5.38. The molecule has 4 nitrogen and oxygen atoms in total. The Morgan fingerprint density at radius 3 is 1.97 bits per heavy atom. The van der Waals surface area contributed by atoms with Gasteiger partial charge in [-0.05, 0) is 53.9 Å². The largest absolute Gasteiger partial charge is 0.416 e. The van der Waals surface area contributed by atoms with Crippen molar-refractivity contribution in [2.45, 2.75) is 18.5 Å². The SMILES string of the molecule is CN(C)C(=O)C(C(=O)N(CCc1ccc(C(F)(F)F)cc1)c1ccc(Cl)cc1)c1ccccc1. The molecule has 0 aliphatic rings. The van der Waals surface area contributed by atoms with Crippen LogP contribution in [-0.4, -0.2) is 37.4 Å². The first kappa shape index (κ1) is 25.3. The topological polar surface area (TPSA) is 40.6 Å². The van der Waals surface area contributed by atoms with E-state index in [-0.39, 0.29) is 12.5 Å². The molecular weight excluding hydrogens is 465 g/mol. The predicted octanol–water partition coefficient (Wildman–Crippen LogP) is 5.81. The van der Waals surface area contributed by atoms with Gasteiger partial charge in [-0.3, -0.25) is 9.59 Å². The van der Waals surface area contributed by atoms with E-state index in [1.54, 1.807) is 68.7 Å². The van der Waals surface area contributed by atoms with Gasteiger partial charge in [0, 0.05) is 31.4 Å². The van der Waals surface area contributed by atoms with Crippen LogP contribution in [0.4, 0.5) is 18.9 Å². The van der Waals surface area contributed by atoms with Crippen LogP contribution in [0.2, 0.25) is 5.02 Å². The molecular formula is C26H24ClF3N2O2. The van der Waals surface area contributed by atoms with Crippen LogP contribution in [0.15, 0.2) is 78.9 Å². The maximum Gasteiger partial charge on any atom is 0.416 e. The Morgan fingerprint density at radius 2 is 1.44 bits per heavy atom. The number of anilines is 1. The molecule has 0 heterocycles. The molecule has 0 aliphatic carbocycles. The lowest BCUT2D eigenvalue weighted by Gasteiger charge is -2.29. The first-order chi connectivity index (χ1) is 16.1. The minimum atomic E-state index is -4.42. The average molecular weight is 489 g/mol. The molecule has 0 saturated carbocycles. The fraction of sp³-hybridized carbons (Fsp3) is 0.231. The molecule has 0 aliphatic heterocycles. The summed E-state index contributed by atoms with van der Waals surface area (Å²) >= 11 is 6.01. The zero-order chi connectivity index (χ0) is 24.9. The molecule has 0 fully saturated rings. The smallest absolute Gasteiger partial charge is 0.348 e. The number of rotatable bonds is 7. The van der Waals surface area contributed by atoms with Gasteiger partial charge < -0.3 is 9.80 Å². The highest BCUT2D eigenvalue weighted by atomic mass is 35.5. The molecule has 3 aromatic rings. The van der Waals surface area contributed by atoms with Gasteiger partial charge in [-0.25, -0.2) is 0 Å². The van der Waals surface area contributed by atoms with Crippen molar-refractivity contribution in [3.63, 3.8) is 0 Å². The van der Waals surface area contributed by atoms with Crippen molar-refractivity contribution in [2.24, 2.45) is 0 Å². The zero-order valence-corrected chi connectivity index (χ0v) is 19.5. The van der Waals surface area contributed by atoms with Crippen LogP contribution in [0.25, 0.3) is 0 Å². The second-order valence-electron chi connectivity index (χ2n) is 7.99. The Bertz CT molecular complexity index is 1120. The van der Waals surface area contributed by atoms with Crippen molar-refractivity contribution in [2.75, 3.05) is 25.5 Å². The lowest BCUT2D eigenvalue weighted by Crippen LogP contribution is -2.43. The number of carbonyl (C=O) groups is 2. The van der Waals surface area contributed by atoms with Crippen LogP contribution < -0.4 is 4.90 Å². The Morgan fingerprint density at radius 1 is 0.853 bits per heavy atom. The number of halogens is 4. The van der Waals surface area contributed by atoms with Crippen molar-refractivity contribution in [3.8, 4) is 0 Å². The first-order valence-corrected chi connectivity index (χ1v) is 10.9. The van der Waals surface area contributed by atoms with Crippen molar-refractivity contribution < 1.29 is 22.8 Å². The summed E-state index contributed by atoms with van der Waals surface area (Å²) in [4.78, 5) is 29.7. The summed E-state index contributed by atoms with van der Waals surface area (Å²) in [6, 6.07) is 20.2. The predicted molar refractivity (Wildman–Crippen MR) is 127 cm³/mol. The Kier molecular flexibility index (Phi) is 7.99. The van der Waals surface area contributed by atoms with Gasteiger partial charge in [0.2, 0.25) is 11.8 Å². The van der Waals surface area contributed by atoms with Gasteiger partial charge in [0.05, 0.1) is 5.56 Å². The first-order valence-electron chi connectivity index (χ1n) is 10.6. The maximum absolute atomic E-state index is 13.8. The van der Waals surface area contributed by atoms with Gasteiger partial charge >= 0.3 is 6.18 Å². The number of benzene rings is 3. The summed E-state index contributed by atoms with van der Waals surface area (Å²) in [7, 11) is 3.17. The number of amides is 2. The van der Waals surface area contributed by atoms with E-state index in [9.17, 15) is 22.8 Å². The number of alkyl halides is 3. The quantitative estimate of drug-likeness (QED) is 0.394. The summed E-state index contributed by atoms with van der Waals surface area (Å²) in [5, 5.41) is 0.489. The lowest BCUT2D eigenvalue weighted by atomic mass is 9.95. The van der Waals surface area contributed by atoms with E-state index in [0.717, 1.165) is 12.1 Å². The number of carbonyl (C=O) groups excluding carboxylic acids is 2. The van der Waals surface area contributed by atoms with E-state index in [1.807, 2.05) is 0 Å². The van der Waals surface area contributed by atoms with E-state index in [2.05, 4.69) is 0 Å². The van der Waals surface area contributed by atoms with Crippen molar-refractivity contribution in [1.82, 2.24) is 4.90 Å². The van der Waals surface area contributed by atoms with Crippen molar-refractivity contribution >= 4 is 29.1 Å². The Labute approximate surface area is 201 Å². The Hall–Kier alpha value is -3.32. The highest BCUT2D eigenvalue weighted by molar-refractivity contribution is 6.30. The van der Waals surface area contributed by atoms with Gasteiger partial charge in [0.25, 0.3) is 0 Å². The van der Waals surface area contributed by atoms with E-state index in [4.69, 9.17) is 11.6 Å². The molecule has 0 radical (unpaired) electrons. The van der Waals surface area contributed by atoms with Gasteiger partial charge in [-0.1, -0.05) is 54.1 Å². The van der Waals surface area contributed by atoms with E-state index >= 15 is 0 Å². The van der Waals surface area contributed by atoms with Crippen LogP contribution in [0.1, 0.15) is 22.6 Å². The third-order valence-corrected chi connectivity index (χ3v) is 5.63. The summed E-state index contributed by atoms with van der Waals surface area (Å²) in [5.41, 5.74) is 0.992. The molecule has 3 aromatic carbocycles. The summed E-state index contributed by atoms with van der Waals surface area (Å²) in [6.45, 7) is 0.163. The highest BCUT2D eigenvalue weighted by Gasteiger charge is 2.34. The highest BCUT2D eigenvalue weighted by Crippen LogP contribution is 2.30.